The van der Waals surface area contributed by atoms with Gasteiger partial charge >= 0.3 is 15.5 Å². The van der Waals surface area contributed by atoms with Gasteiger partial charge in [-0.3, -0.25) is 4.79 Å². The first-order valence-electron chi connectivity index (χ1n) is 5.39. The molecule has 1 amide bonds. The molecule has 1 N–H and O–H groups in total. The highest BCUT2D eigenvalue weighted by Crippen LogP contribution is 2.21. The summed E-state index contributed by atoms with van der Waals surface area (Å²) in [6, 6.07) is 5.70. The molecule has 0 aliphatic carbocycles. The van der Waals surface area contributed by atoms with Crippen molar-refractivity contribution in [3.05, 3.63) is 35.4 Å². The van der Waals surface area contributed by atoms with Crippen LogP contribution >= 0.6 is 0 Å². The third-order valence-electron chi connectivity index (χ3n) is 2.29. The lowest BCUT2D eigenvalue weighted by molar-refractivity contribution is -0.0446. The molecule has 0 aliphatic rings. The van der Waals surface area contributed by atoms with Gasteiger partial charge in [0.15, 0.2) is 0 Å². The predicted molar refractivity (Wildman–Crippen MR) is 62.9 cm³/mol. The predicted octanol–water partition coefficient (Wildman–Crippen LogP) is 2.22. The maximum atomic E-state index is 12.1. The minimum absolute atomic E-state index is 0.146. The van der Waals surface area contributed by atoms with Gasteiger partial charge in [-0.1, -0.05) is 25.5 Å². The SMILES string of the molecule is CCCc1ccc(C(=O)NS(=O)(=O)C(F)(F)F)cc1. The van der Waals surface area contributed by atoms with E-state index in [1.807, 2.05) is 6.92 Å². The molecule has 19 heavy (non-hydrogen) atoms. The molecule has 0 radical (unpaired) electrons. The van der Waals surface area contributed by atoms with Crippen molar-refractivity contribution in [1.29, 1.82) is 0 Å². The number of carbonyl (C=O) groups excluding carboxylic acids is 1. The number of benzene rings is 1. The lowest BCUT2D eigenvalue weighted by Gasteiger charge is -2.09. The molecule has 0 fully saturated rings. The molecule has 0 unspecified atom stereocenters. The van der Waals surface area contributed by atoms with E-state index >= 15 is 0 Å². The Bertz CT molecular complexity index is 550. The molecule has 1 aromatic rings. The first-order valence-corrected chi connectivity index (χ1v) is 6.88. The zero-order valence-electron chi connectivity index (χ0n) is 9.99. The molecule has 4 nitrogen and oxygen atoms in total. The molecule has 0 bridgehead atoms. The molecule has 1 rings (SSSR count). The summed E-state index contributed by atoms with van der Waals surface area (Å²) >= 11 is 0. The van der Waals surface area contributed by atoms with Gasteiger partial charge in [0.2, 0.25) is 0 Å². The standard InChI is InChI=1S/C11H12F3NO3S/c1-2-3-8-4-6-9(7-5-8)10(16)15-19(17,18)11(12,13)14/h4-7H,2-3H2,1H3,(H,15,16). The second-order valence-corrected chi connectivity index (χ2v) is 5.50. The quantitative estimate of drug-likeness (QED) is 0.926. The van der Waals surface area contributed by atoms with Crippen molar-refractivity contribution in [3.63, 3.8) is 0 Å². The fourth-order valence-electron chi connectivity index (χ4n) is 1.35. The van der Waals surface area contributed by atoms with Gasteiger partial charge in [-0.05, 0) is 24.1 Å². The van der Waals surface area contributed by atoms with Crippen molar-refractivity contribution in [1.82, 2.24) is 4.72 Å². The van der Waals surface area contributed by atoms with Crippen molar-refractivity contribution in [3.8, 4) is 0 Å². The smallest absolute Gasteiger partial charge is 0.268 e. The molecule has 0 saturated heterocycles. The first kappa shape index (κ1) is 15.5. The largest absolute Gasteiger partial charge is 0.516 e. The van der Waals surface area contributed by atoms with Crippen LogP contribution in [0.15, 0.2) is 24.3 Å². The zero-order chi connectivity index (χ0) is 14.7. The summed E-state index contributed by atoms with van der Waals surface area (Å²) < 4.78 is 58.7. The number of sulfonamides is 1. The van der Waals surface area contributed by atoms with Crippen LogP contribution in [-0.4, -0.2) is 19.8 Å². The van der Waals surface area contributed by atoms with Crippen LogP contribution in [0.4, 0.5) is 13.2 Å². The molecular formula is C11H12F3NO3S. The van der Waals surface area contributed by atoms with Crippen molar-refractivity contribution in [2.45, 2.75) is 25.3 Å². The van der Waals surface area contributed by atoms with Crippen LogP contribution in [0.1, 0.15) is 29.3 Å². The van der Waals surface area contributed by atoms with E-state index in [-0.39, 0.29) is 5.56 Å². The highest BCUT2D eigenvalue weighted by molar-refractivity contribution is 7.90. The zero-order valence-corrected chi connectivity index (χ0v) is 10.8. The fraction of sp³-hybridized carbons (Fsp3) is 0.364. The van der Waals surface area contributed by atoms with E-state index in [1.165, 1.54) is 12.1 Å². The molecule has 8 heteroatoms. The van der Waals surface area contributed by atoms with Gasteiger partial charge in [-0.25, -0.2) is 4.72 Å². The summed E-state index contributed by atoms with van der Waals surface area (Å²) in [6.45, 7) is 1.95. The Morgan fingerprint density at radius 2 is 1.74 bits per heavy atom. The number of amides is 1. The Kier molecular flexibility index (Phi) is 4.56. The number of nitrogens with one attached hydrogen (secondary N) is 1. The topological polar surface area (TPSA) is 63.2 Å². The average molecular weight is 295 g/mol. The van der Waals surface area contributed by atoms with Gasteiger partial charge in [0.1, 0.15) is 0 Å². The van der Waals surface area contributed by atoms with Gasteiger partial charge in [-0.2, -0.15) is 21.6 Å². The molecule has 106 valence electrons. The Morgan fingerprint density at radius 3 is 2.16 bits per heavy atom. The van der Waals surface area contributed by atoms with Crippen LogP contribution in [0.5, 0.6) is 0 Å². The second-order valence-electron chi connectivity index (χ2n) is 3.83. The summed E-state index contributed by atoms with van der Waals surface area (Å²) in [4.78, 5) is 11.4. The van der Waals surface area contributed by atoms with Crippen molar-refractivity contribution >= 4 is 15.9 Å². The van der Waals surface area contributed by atoms with E-state index in [1.54, 1.807) is 12.1 Å². The number of hydrogen-bond acceptors (Lipinski definition) is 3. The van der Waals surface area contributed by atoms with Gasteiger partial charge < -0.3 is 0 Å². The van der Waals surface area contributed by atoms with E-state index in [9.17, 15) is 26.4 Å². The number of rotatable bonds is 4. The number of carbonyl (C=O) groups is 1. The third-order valence-corrected chi connectivity index (χ3v) is 3.35. The number of hydrogen-bond donors (Lipinski definition) is 1. The van der Waals surface area contributed by atoms with Gasteiger partial charge in [0.05, 0.1) is 0 Å². The van der Waals surface area contributed by atoms with E-state index in [2.05, 4.69) is 0 Å². The van der Waals surface area contributed by atoms with Gasteiger partial charge in [0.25, 0.3) is 5.91 Å². The van der Waals surface area contributed by atoms with Crippen LogP contribution < -0.4 is 4.72 Å². The molecule has 0 heterocycles. The minimum Gasteiger partial charge on any atom is -0.268 e. The molecule has 1 aromatic carbocycles. The van der Waals surface area contributed by atoms with Crippen molar-refractivity contribution in [2.75, 3.05) is 0 Å². The van der Waals surface area contributed by atoms with Gasteiger partial charge in [-0.15, -0.1) is 0 Å². The molecule has 0 atom stereocenters. The molecule has 0 aliphatic heterocycles. The van der Waals surface area contributed by atoms with E-state index in [4.69, 9.17) is 0 Å². The summed E-state index contributed by atoms with van der Waals surface area (Å²) in [7, 11) is -5.67. The molecule has 0 aromatic heterocycles. The van der Waals surface area contributed by atoms with Crippen LogP contribution in [0.2, 0.25) is 0 Å². The average Bonchev–Trinajstić information content (AvgIpc) is 2.28. The lowest BCUT2D eigenvalue weighted by Crippen LogP contribution is -2.40. The second kappa shape index (κ2) is 5.60. The Hall–Kier alpha value is -1.57. The monoisotopic (exact) mass is 295 g/mol. The number of halogens is 3. The molecule has 0 saturated carbocycles. The lowest BCUT2D eigenvalue weighted by atomic mass is 10.1. The highest BCUT2D eigenvalue weighted by atomic mass is 32.2. The van der Waals surface area contributed by atoms with Crippen LogP contribution in [0.3, 0.4) is 0 Å². The van der Waals surface area contributed by atoms with E-state index < -0.39 is 21.4 Å². The van der Waals surface area contributed by atoms with Crippen molar-refractivity contribution in [2.24, 2.45) is 0 Å². The number of alkyl halides is 3. The Morgan fingerprint density at radius 1 is 1.21 bits per heavy atom. The van der Waals surface area contributed by atoms with Crippen LogP contribution in [0, 0.1) is 0 Å². The maximum Gasteiger partial charge on any atom is 0.516 e. The third kappa shape index (κ3) is 3.95. The van der Waals surface area contributed by atoms with Crippen LogP contribution in [-0.2, 0) is 16.4 Å². The Balaban J connectivity index is 2.85. The summed E-state index contributed by atoms with van der Waals surface area (Å²) in [5, 5.41) is 0. The Labute approximate surface area is 108 Å². The molecular weight excluding hydrogens is 283 g/mol. The van der Waals surface area contributed by atoms with E-state index in [0.717, 1.165) is 23.1 Å². The minimum atomic E-state index is -5.67. The summed E-state index contributed by atoms with van der Waals surface area (Å²) in [5.74, 6) is -1.31. The van der Waals surface area contributed by atoms with E-state index in [0.29, 0.717) is 0 Å². The van der Waals surface area contributed by atoms with Crippen molar-refractivity contribution < 1.29 is 26.4 Å². The summed E-state index contributed by atoms with van der Waals surface area (Å²) in [6.07, 6.45) is 1.65. The maximum absolute atomic E-state index is 12.1. The molecule has 0 spiro atoms. The normalized spacial score (nSPS) is 12.2. The fourth-order valence-corrected chi connectivity index (χ4v) is 1.83. The van der Waals surface area contributed by atoms with Crippen LogP contribution in [0.25, 0.3) is 0 Å². The first-order chi connectivity index (χ1) is 8.67. The van der Waals surface area contributed by atoms with Gasteiger partial charge in [0, 0.05) is 5.56 Å². The highest BCUT2D eigenvalue weighted by Gasteiger charge is 2.47. The summed E-state index contributed by atoms with van der Waals surface area (Å²) in [5.41, 5.74) is -4.74. The number of aryl methyl sites for hydroxylation is 1.